The molecule has 0 amide bonds. The molecule has 1 aromatic heterocycles. The predicted octanol–water partition coefficient (Wildman–Crippen LogP) is 8.35. The third-order valence-corrected chi connectivity index (χ3v) is 5.16. The predicted molar refractivity (Wildman–Crippen MR) is 131 cm³/mol. The molecule has 0 spiro atoms. The number of benzene rings is 2. The fourth-order valence-corrected chi connectivity index (χ4v) is 2.58. The largest absolute Gasteiger partial charge is 3.00 e. The van der Waals surface area contributed by atoms with Gasteiger partial charge in [-0.25, -0.2) is 24.1 Å². The van der Waals surface area contributed by atoms with E-state index >= 15 is 0 Å². The maximum absolute atomic E-state index is 13.2. The van der Waals surface area contributed by atoms with E-state index < -0.39 is 0 Å². The smallest absolute Gasteiger partial charge is 0.304 e. The number of rotatable bonds is 2. The minimum absolute atomic E-state index is 0. The van der Waals surface area contributed by atoms with Crippen molar-refractivity contribution in [3.05, 3.63) is 96.8 Å². The minimum atomic E-state index is -0.237. The fraction of sp³-hybridized carbons (Fsp3) is 0.310. The number of allylic oxidation sites excluding steroid dienone is 3. The van der Waals surface area contributed by atoms with Gasteiger partial charge in [0.1, 0.15) is 0 Å². The number of aromatic nitrogens is 1. The normalized spacial score (nSPS) is 11.9. The maximum Gasteiger partial charge on any atom is 3.00 e. The average Bonchev–Trinajstić information content (AvgIpc) is 2.68. The molecule has 0 fully saturated rings. The summed E-state index contributed by atoms with van der Waals surface area (Å²) in [6.45, 7) is 24.5. The molecule has 0 radical (unpaired) electrons. The van der Waals surface area contributed by atoms with E-state index in [1.807, 2.05) is 42.6 Å². The van der Waals surface area contributed by atoms with Gasteiger partial charge >= 0.3 is 20.1 Å². The maximum atomic E-state index is 13.2. The molecule has 0 saturated carbocycles. The zero-order valence-corrected chi connectivity index (χ0v) is 22.5. The first-order chi connectivity index (χ1) is 14.3. The van der Waals surface area contributed by atoms with Crippen LogP contribution in [0.3, 0.4) is 0 Å². The summed E-state index contributed by atoms with van der Waals surface area (Å²) < 4.78 is 13.2. The fourth-order valence-electron chi connectivity index (χ4n) is 2.58. The number of fused-ring (bicyclic) bond motifs is 1. The quantitative estimate of drug-likeness (QED) is 0.211. The third-order valence-electron chi connectivity index (χ3n) is 5.16. The van der Waals surface area contributed by atoms with Crippen LogP contribution < -0.4 is 0 Å². The molecule has 0 aliphatic rings. The van der Waals surface area contributed by atoms with Gasteiger partial charge in [0.2, 0.25) is 0 Å². The van der Waals surface area contributed by atoms with Crippen molar-refractivity contribution in [1.82, 2.24) is 4.98 Å². The van der Waals surface area contributed by atoms with Gasteiger partial charge in [-0.3, -0.25) is 11.0 Å². The Morgan fingerprint density at radius 2 is 1.62 bits per heavy atom. The van der Waals surface area contributed by atoms with Crippen molar-refractivity contribution in [2.45, 2.75) is 48.5 Å². The molecule has 0 aliphatic carbocycles. The van der Waals surface area contributed by atoms with E-state index in [2.05, 4.69) is 59.5 Å². The molecule has 3 aromatic rings. The van der Waals surface area contributed by atoms with Gasteiger partial charge in [0, 0.05) is 12.0 Å². The number of pyridine rings is 1. The SMILES string of the molecule is Cc1cc(-c2cc3ccccc3cn2)[c-]cc1F.[CH-]=C(/C=C(\[CH2-])C(C)(C)C)C(C)(C)C.[Ir+3]. The molecule has 1 heterocycles. The van der Waals surface area contributed by atoms with Crippen molar-refractivity contribution in [3.8, 4) is 11.3 Å². The van der Waals surface area contributed by atoms with Crippen LogP contribution in [0.1, 0.15) is 47.1 Å². The first-order valence-electron chi connectivity index (χ1n) is 10.5. The van der Waals surface area contributed by atoms with Gasteiger partial charge in [0.15, 0.2) is 0 Å². The first kappa shape index (κ1) is 27.8. The van der Waals surface area contributed by atoms with Gasteiger partial charge < -0.3 is 4.98 Å². The number of nitrogens with zero attached hydrogens (tertiary/aromatic N) is 1. The Kier molecular flexibility index (Phi) is 9.63. The number of halogens is 1. The molecule has 0 bridgehead atoms. The molecule has 32 heavy (non-hydrogen) atoms. The molecule has 0 N–H and O–H groups in total. The van der Waals surface area contributed by atoms with Crippen LogP contribution in [-0.2, 0) is 20.1 Å². The van der Waals surface area contributed by atoms with Crippen LogP contribution in [0, 0.1) is 43.1 Å². The second kappa shape index (κ2) is 11.1. The summed E-state index contributed by atoms with van der Waals surface area (Å²) in [7, 11) is 0. The third kappa shape index (κ3) is 7.73. The van der Waals surface area contributed by atoms with Crippen LogP contribution in [0.4, 0.5) is 4.39 Å². The van der Waals surface area contributed by atoms with Crippen LogP contribution in [-0.4, -0.2) is 4.98 Å². The average molecular weight is 607 g/mol. The van der Waals surface area contributed by atoms with E-state index in [1.165, 1.54) is 6.07 Å². The Balaban J connectivity index is 0.000000330. The Hall–Kier alpha value is -2.22. The standard InChI is InChI=1S/C16H11FN.C13H22.Ir/c1-11-8-13(6-7-15(11)17)16-9-12-4-2-3-5-14(12)10-18-16;1-10(12(3,4)5)9-11(2)13(6,7)8;/h2-5,7-10H,1H3;1,9H,2H2,3-8H3;/q-1;-2;+3/b;11-9+;. The Labute approximate surface area is 207 Å². The molecular formula is C29H33FIrN. The van der Waals surface area contributed by atoms with Crippen LogP contribution in [0.15, 0.2) is 65.9 Å². The van der Waals surface area contributed by atoms with Crippen molar-refractivity contribution < 1.29 is 24.5 Å². The van der Waals surface area contributed by atoms with Gasteiger partial charge in [-0.1, -0.05) is 84.4 Å². The summed E-state index contributed by atoms with van der Waals surface area (Å²) in [6, 6.07) is 16.1. The Bertz CT molecular complexity index is 1100. The van der Waals surface area contributed by atoms with Crippen LogP contribution in [0.2, 0.25) is 0 Å². The summed E-state index contributed by atoms with van der Waals surface area (Å²) in [5.41, 5.74) is 4.37. The minimum Gasteiger partial charge on any atom is -0.304 e. The molecule has 0 atom stereocenters. The zero-order valence-electron chi connectivity index (χ0n) is 20.1. The van der Waals surface area contributed by atoms with Gasteiger partial charge in [-0.05, 0) is 27.3 Å². The van der Waals surface area contributed by atoms with Crippen LogP contribution in [0.25, 0.3) is 22.0 Å². The second-order valence-electron chi connectivity index (χ2n) is 9.92. The zero-order chi connectivity index (χ0) is 23.4. The van der Waals surface area contributed by atoms with Crippen LogP contribution in [0.5, 0.6) is 0 Å². The van der Waals surface area contributed by atoms with E-state index in [0.717, 1.165) is 33.2 Å². The topological polar surface area (TPSA) is 12.9 Å². The first-order valence-corrected chi connectivity index (χ1v) is 10.5. The number of aryl methyl sites for hydroxylation is 1. The molecule has 3 heteroatoms. The molecule has 170 valence electrons. The Morgan fingerprint density at radius 3 is 2.16 bits per heavy atom. The number of hydrogen-bond acceptors (Lipinski definition) is 1. The Morgan fingerprint density at radius 1 is 1.03 bits per heavy atom. The molecule has 1 nitrogen and oxygen atoms in total. The molecule has 3 rings (SSSR count). The second-order valence-corrected chi connectivity index (χ2v) is 9.92. The van der Waals surface area contributed by atoms with Crippen molar-refractivity contribution in [2.24, 2.45) is 10.8 Å². The van der Waals surface area contributed by atoms with Crippen molar-refractivity contribution in [2.75, 3.05) is 0 Å². The van der Waals surface area contributed by atoms with Gasteiger partial charge in [0.05, 0.1) is 0 Å². The monoisotopic (exact) mass is 607 g/mol. The number of hydrogen-bond donors (Lipinski definition) is 0. The summed E-state index contributed by atoms with van der Waals surface area (Å²) in [5.74, 6) is -0.237. The van der Waals surface area contributed by atoms with Crippen LogP contribution >= 0.6 is 0 Å². The van der Waals surface area contributed by atoms with Crippen molar-refractivity contribution in [3.63, 3.8) is 0 Å². The van der Waals surface area contributed by atoms with E-state index in [0.29, 0.717) is 5.56 Å². The van der Waals surface area contributed by atoms with E-state index in [-0.39, 0.29) is 36.8 Å². The molecule has 2 aromatic carbocycles. The summed E-state index contributed by atoms with van der Waals surface area (Å²) >= 11 is 0. The van der Waals surface area contributed by atoms with Crippen molar-refractivity contribution in [1.29, 1.82) is 0 Å². The molecular weight excluding hydrogens is 574 g/mol. The van der Waals surface area contributed by atoms with Gasteiger partial charge in [-0.15, -0.1) is 23.8 Å². The van der Waals surface area contributed by atoms with E-state index in [1.54, 1.807) is 13.0 Å². The summed E-state index contributed by atoms with van der Waals surface area (Å²) in [6.07, 6.45) is 3.83. The van der Waals surface area contributed by atoms with Crippen molar-refractivity contribution >= 4 is 10.8 Å². The van der Waals surface area contributed by atoms with E-state index in [9.17, 15) is 4.39 Å². The summed E-state index contributed by atoms with van der Waals surface area (Å²) in [5, 5.41) is 2.22. The van der Waals surface area contributed by atoms with Gasteiger partial charge in [-0.2, -0.15) is 0 Å². The molecule has 0 saturated heterocycles. The van der Waals surface area contributed by atoms with Gasteiger partial charge in [0.25, 0.3) is 0 Å². The molecule has 0 aliphatic heterocycles. The van der Waals surface area contributed by atoms with E-state index in [4.69, 9.17) is 6.58 Å². The summed E-state index contributed by atoms with van der Waals surface area (Å²) in [4.78, 5) is 4.39. The molecule has 0 unspecified atom stereocenters.